The van der Waals surface area contributed by atoms with Crippen LogP contribution >= 0.6 is 11.8 Å². The number of morpholine rings is 1. The zero-order valence-corrected chi connectivity index (χ0v) is 16.8. The van der Waals surface area contributed by atoms with E-state index in [-0.39, 0.29) is 17.4 Å². The molecule has 9 nitrogen and oxygen atoms in total. The van der Waals surface area contributed by atoms with Crippen LogP contribution in [0.25, 0.3) is 17.0 Å². The Bertz CT molecular complexity index is 1070. The zero-order chi connectivity index (χ0) is 21.3. The van der Waals surface area contributed by atoms with Crippen molar-refractivity contribution < 1.29 is 29.0 Å². The minimum atomic E-state index is -1.25. The van der Waals surface area contributed by atoms with E-state index in [0.717, 1.165) is 10.9 Å². The Morgan fingerprint density at radius 1 is 1.13 bits per heavy atom. The second kappa shape index (κ2) is 8.33. The third-order valence-electron chi connectivity index (χ3n) is 4.94. The fraction of sp³-hybridized carbons (Fsp3) is 0.300. The number of aliphatic carboxylic acids is 1. The molecule has 0 radical (unpaired) electrons. The minimum absolute atomic E-state index is 0.0209. The molecule has 0 atom stereocenters. The van der Waals surface area contributed by atoms with Crippen molar-refractivity contribution >= 4 is 51.8 Å². The van der Waals surface area contributed by atoms with Gasteiger partial charge in [0.15, 0.2) is 0 Å². The molecule has 0 aliphatic carbocycles. The number of nitrogens with zero attached hydrogens (tertiary/aromatic N) is 3. The normalized spacial score (nSPS) is 18.6. The summed E-state index contributed by atoms with van der Waals surface area (Å²) < 4.78 is 7.11. The van der Waals surface area contributed by atoms with Crippen molar-refractivity contribution in [2.45, 2.75) is 6.54 Å². The number of fused-ring (bicyclic) bond motifs is 1. The lowest BCUT2D eigenvalue weighted by atomic mass is 10.1. The maximum atomic E-state index is 12.7. The number of para-hydroxylation sites is 1. The van der Waals surface area contributed by atoms with E-state index in [0.29, 0.717) is 48.5 Å². The summed E-state index contributed by atoms with van der Waals surface area (Å²) in [5.74, 6) is -1.90. The van der Waals surface area contributed by atoms with E-state index in [1.807, 2.05) is 28.8 Å². The van der Waals surface area contributed by atoms with Crippen molar-refractivity contribution in [3.63, 3.8) is 0 Å². The first-order valence-electron chi connectivity index (χ1n) is 9.34. The molecule has 1 aromatic carbocycles. The molecule has 2 aliphatic heterocycles. The van der Waals surface area contributed by atoms with Gasteiger partial charge in [-0.1, -0.05) is 18.2 Å². The highest BCUT2D eigenvalue weighted by Crippen LogP contribution is 2.34. The fourth-order valence-electron chi connectivity index (χ4n) is 3.49. The number of thioether (sulfide) groups is 1. The SMILES string of the molecule is O=C(O)CN1C(=O)S/C(=C/c2cn(CC(=O)N3CCOCC3)c3ccccc23)C1=O. The van der Waals surface area contributed by atoms with Gasteiger partial charge < -0.3 is 19.3 Å². The molecule has 0 bridgehead atoms. The summed E-state index contributed by atoms with van der Waals surface area (Å²) in [4.78, 5) is 50.7. The van der Waals surface area contributed by atoms with Crippen LogP contribution in [0.4, 0.5) is 4.79 Å². The molecule has 2 aliphatic rings. The molecule has 3 amide bonds. The number of carboxylic acid groups (broad SMARTS) is 1. The van der Waals surface area contributed by atoms with Gasteiger partial charge >= 0.3 is 5.97 Å². The first-order chi connectivity index (χ1) is 14.4. The van der Waals surface area contributed by atoms with Crippen LogP contribution in [0.15, 0.2) is 35.4 Å². The molecule has 10 heteroatoms. The average Bonchev–Trinajstić information content (AvgIpc) is 3.21. The highest BCUT2D eigenvalue weighted by atomic mass is 32.2. The third kappa shape index (κ3) is 3.96. The van der Waals surface area contributed by atoms with Gasteiger partial charge in [0.05, 0.1) is 18.1 Å². The van der Waals surface area contributed by atoms with E-state index in [1.54, 1.807) is 17.2 Å². The molecule has 0 spiro atoms. The van der Waals surface area contributed by atoms with Crippen molar-refractivity contribution in [2.75, 3.05) is 32.8 Å². The maximum Gasteiger partial charge on any atom is 0.323 e. The van der Waals surface area contributed by atoms with Gasteiger partial charge in [0.1, 0.15) is 13.1 Å². The number of imide groups is 1. The van der Waals surface area contributed by atoms with E-state index in [9.17, 15) is 19.2 Å². The summed E-state index contributed by atoms with van der Waals surface area (Å²) in [6.07, 6.45) is 3.35. The monoisotopic (exact) mass is 429 g/mol. The van der Waals surface area contributed by atoms with Crippen molar-refractivity contribution in [1.82, 2.24) is 14.4 Å². The number of benzene rings is 1. The summed E-state index contributed by atoms with van der Waals surface area (Å²) in [6.45, 7) is 1.64. The molecule has 2 saturated heterocycles. The Hall–Kier alpha value is -3.11. The van der Waals surface area contributed by atoms with Gasteiger partial charge in [-0.3, -0.25) is 24.1 Å². The standard InChI is InChI=1S/C20H19N3O6S/c24-17(21-5-7-29-8-6-21)11-22-10-13(14-3-1-2-4-15(14)22)9-16-19(27)23(12-18(25)26)20(28)30-16/h1-4,9-10H,5-8,11-12H2,(H,25,26)/b16-9+. The lowest BCUT2D eigenvalue weighted by Gasteiger charge is -2.27. The molecule has 0 unspecified atom stereocenters. The van der Waals surface area contributed by atoms with Crippen LogP contribution in [0.1, 0.15) is 5.56 Å². The number of rotatable bonds is 5. The molecule has 1 aromatic heterocycles. The summed E-state index contributed by atoms with van der Waals surface area (Å²) in [6, 6.07) is 7.47. The van der Waals surface area contributed by atoms with Crippen molar-refractivity contribution in [2.24, 2.45) is 0 Å². The fourth-order valence-corrected chi connectivity index (χ4v) is 4.32. The smallest absolute Gasteiger partial charge is 0.323 e. The van der Waals surface area contributed by atoms with Gasteiger partial charge in [-0.05, 0) is 23.9 Å². The molecule has 156 valence electrons. The maximum absolute atomic E-state index is 12.7. The molecule has 0 saturated carbocycles. The lowest BCUT2D eigenvalue weighted by molar-refractivity contribution is -0.140. The van der Waals surface area contributed by atoms with Crippen LogP contribution < -0.4 is 0 Å². The lowest BCUT2D eigenvalue weighted by Crippen LogP contribution is -2.42. The predicted molar refractivity (Wildman–Crippen MR) is 110 cm³/mol. The number of carboxylic acids is 1. The Labute approximate surface area is 175 Å². The zero-order valence-electron chi connectivity index (χ0n) is 15.9. The summed E-state index contributed by atoms with van der Waals surface area (Å²) >= 11 is 0.710. The van der Waals surface area contributed by atoms with Crippen molar-refractivity contribution in [3.05, 3.63) is 40.9 Å². The highest BCUT2D eigenvalue weighted by Gasteiger charge is 2.36. The summed E-state index contributed by atoms with van der Waals surface area (Å²) in [5.41, 5.74) is 1.51. The first kappa shape index (κ1) is 20.2. The average molecular weight is 429 g/mol. The van der Waals surface area contributed by atoms with E-state index in [4.69, 9.17) is 9.84 Å². The van der Waals surface area contributed by atoms with E-state index >= 15 is 0 Å². The van der Waals surface area contributed by atoms with Crippen molar-refractivity contribution in [3.8, 4) is 0 Å². The Kier molecular flexibility index (Phi) is 5.60. The largest absolute Gasteiger partial charge is 0.480 e. The van der Waals surface area contributed by atoms with Gasteiger partial charge in [0, 0.05) is 35.8 Å². The highest BCUT2D eigenvalue weighted by molar-refractivity contribution is 8.18. The molecule has 2 aromatic rings. The van der Waals surface area contributed by atoms with Crippen molar-refractivity contribution in [1.29, 1.82) is 0 Å². The van der Waals surface area contributed by atoms with Crippen LogP contribution in [-0.4, -0.2) is 75.3 Å². The molecular weight excluding hydrogens is 410 g/mol. The number of carbonyl (C=O) groups excluding carboxylic acids is 3. The number of carbonyl (C=O) groups is 4. The predicted octanol–water partition coefficient (Wildman–Crippen LogP) is 1.62. The molecular formula is C20H19N3O6S. The van der Waals surface area contributed by atoms with E-state index < -0.39 is 23.7 Å². The van der Waals surface area contributed by atoms with Gasteiger partial charge in [0.2, 0.25) is 5.91 Å². The summed E-state index contributed by atoms with van der Waals surface area (Å²) in [5, 5.41) is 9.12. The van der Waals surface area contributed by atoms with Crippen LogP contribution in [0.5, 0.6) is 0 Å². The molecule has 1 N–H and O–H groups in total. The third-order valence-corrected chi connectivity index (χ3v) is 5.85. The van der Waals surface area contributed by atoms with E-state index in [1.165, 1.54) is 0 Å². The summed E-state index contributed by atoms with van der Waals surface area (Å²) in [7, 11) is 0. The topological polar surface area (TPSA) is 109 Å². The van der Waals surface area contributed by atoms with Gasteiger partial charge in [-0.15, -0.1) is 0 Å². The van der Waals surface area contributed by atoms with Crippen LogP contribution in [0.2, 0.25) is 0 Å². The van der Waals surface area contributed by atoms with Crippen LogP contribution in [0.3, 0.4) is 0 Å². The number of amides is 3. The minimum Gasteiger partial charge on any atom is -0.480 e. The van der Waals surface area contributed by atoms with Crippen LogP contribution in [0, 0.1) is 0 Å². The Morgan fingerprint density at radius 2 is 1.87 bits per heavy atom. The Balaban J connectivity index is 1.63. The van der Waals surface area contributed by atoms with Gasteiger partial charge in [-0.25, -0.2) is 0 Å². The number of aromatic nitrogens is 1. The van der Waals surface area contributed by atoms with E-state index in [2.05, 4.69) is 0 Å². The number of ether oxygens (including phenoxy) is 1. The van der Waals surface area contributed by atoms with Crippen LogP contribution in [-0.2, 0) is 25.7 Å². The molecule has 30 heavy (non-hydrogen) atoms. The van der Waals surface area contributed by atoms with Gasteiger partial charge in [-0.2, -0.15) is 0 Å². The second-order valence-electron chi connectivity index (χ2n) is 6.88. The quantitative estimate of drug-likeness (QED) is 0.720. The first-order valence-corrected chi connectivity index (χ1v) is 10.2. The number of hydrogen-bond acceptors (Lipinski definition) is 6. The molecule has 3 heterocycles. The number of hydrogen-bond donors (Lipinski definition) is 1. The molecule has 2 fully saturated rings. The molecule has 4 rings (SSSR count). The Morgan fingerprint density at radius 3 is 2.60 bits per heavy atom. The van der Waals surface area contributed by atoms with Gasteiger partial charge in [0.25, 0.3) is 11.1 Å². The second-order valence-corrected chi connectivity index (χ2v) is 7.88.